The number of aromatic nitrogens is 1. The molecule has 1 aliphatic carbocycles. The van der Waals surface area contributed by atoms with Crippen LogP contribution < -0.4 is 11.1 Å². The standard InChI is InChI=1S/C17H23N3OS/c1-10(2)11-3-4-14-12(7-11)8-13-9-15(22-17(13)20-14)16(21)19-6-5-18/h8-11H,3-7,18H2,1-2H3,(H,19,21). The molecule has 2 aromatic heterocycles. The number of hydrogen-bond donors (Lipinski definition) is 2. The predicted molar refractivity (Wildman–Crippen MR) is 91.4 cm³/mol. The fourth-order valence-electron chi connectivity index (χ4n) is 3.11. The molecular weight excluding hydrogens is 294 g/mol. The third kappa shape index (κ3) is 3.01. The van der Waals surface area contributed by atoms with Crippen LogP contribution in [-0.4, -0.2) is 24.0 Å². The second-order valence-electron chi connectivity index (χ2n) is 6.39. The first-order valence-corrected chi connectivity index (χ1v) is 8.80. The third-order valence-corrected chi connectivity index (χ3v) is 5.55. The molecule has 0 radical (unpaired) electrons. The lowest BCUT2D eigenvalue weighted by molar-refractivity contribution is 0.0959. The summed E-state index contributed by atoms with van der Waals surface area (Å²) in [5, 5.41) is 3.91. The third-order valence-electron chi connectivity index (χ3n) is 4.51. The van der Waals surface area contributed by atoms with Crippen molar-refractivity contribution < 1.29 is 4.79 Å². The van der Waals surface area contributed by atoms with E-state index in [1.165, 1.54) is 29.0 Å². The summed E-state index contributed by atoms with van der Waals surface area (Å²) in [5.74, 6) is 1.41. The van der Waals surface area contributed by atoms with Gasteiger partial charge in [-0.2, -0.15) is 0 Å². The second-order valence-corrected chi connectivity index (χ2v) is 7.42. The molecule has 0 saturated carbocycles. The first kappa shape index (κ1) is 15.4. The summed E-state index contributed by atoms with van der Waals surface area (Å²) in [5.41, 5.74) is 8.01. The minimum absolute atomic E-state index is 0.0496. The predicted octanol–water partition coefficient (Wildman–Crippen LogP) is 2.75. The van der Waals surface area contributed by atoms with Crippen LogP contribution in [0.3, 0.4) is 0 Å². The Morgan fingerprint density at radius 1 is 1.50 bits per heavy atom. The highest BCUT2D eigenvalue weighted by molar-refractivity contribution is 7.20. The average Bonchev–Trinajstić information content (AvgIpc) is 2.92. The van der Waals surface area contributed by atoms with Crippen LogP contribution in [0.4, 0.5) is 0 Å². The second kappa shape index (κ2) is 6.34. The van der Waals surface area contributed by atoms with E-state index in [1.54, 1.807) is 0 Å². The number of aryl methyl sites for hydroxylation is 1. The summed E-state index contributed by atoms with van der Waals surface area (Å²) >= 11 is 1.47. The molecule has 5 heteroatoms. The molecule has 0 aliphatic heterocycles. The first-order valence-electron chi connectivity index (χ1n) is 7.99. The molecule has 1 aliphatic rings. The quantitative estimate of drug-likeness (QED) is 0.911. The Bertz CT molecular complexity index is 693. The maximum absolute atomic E-state index is 12.1. The van der Waals surface area contributed by atoms with Gasteiger partial charge in [-0.25, -0.2) is 4.98 Å². The number of thiophene rings is 1. The molecule has 2 heterocycles. The number of fused-ring (bicyclic) bond motifs is 2. The highest BCUT2D eigenvalue weighted by Gasteiger charge is 2.23. The van der Waals surface area contributed by atoms with Crippen molar-refractivity contribution in [2.24, 2.45) is 17.6 Å². The summed E-state index contributed by atoms with van der Waals surface area (Å²) < 4.78 is 0. The number of nitrogens with zero attached hydrogens (tertiary/aromatic N) is 1. The van der Waals surface area contributed by atoms with Gasteiger partial charge < -0.3 is 11.1 Å². The zero-order valence-electron chi connectivity index (χ0n) is 13.2. The number of amides is 1. The first-order chi connectivity index (χ1) is 10.6. The van der Waals surface area contributed by atoms with Crippen LogP contribution in [0.1, 0.15) is 41.2 Å². The Balaban J connectivity index is 1.89. The van der Waals surface area contributed by atoms with Crippen molar-refractivity contribution in [1.29, 1.82) is 0 Å². The Morgan fingerprint density at radius 3 is 3.05 bits per heavy atom. The monoisotopic (exact) mass is 317 g/mol. The van der Waals surface area contributed by atoms with Crippen LogP contribution >= 0.6 is 11.3 Å². The molecule has 0 spiro atoms. The Labute approximate surface area is 135 Å². The molecular formula is C17H23N3OS. The lowest BCUT2D eigenvalue weighted by Crippen LogP contribution is -2.28. The highest BCUT2D eigenvalue weighted by atomic mass is 32.1. The molecule has 1 unspecified atom stereocenters. The molecule has 3 rings (SSSR count). The van der Waals surface area contributed by atoms with Gasteiger partial charge in [-0.05, 0) is 48.8 Å². The van der Waals surface area contributed by atoms with E-state index in [1.807, 2.05) is 6.07 Å². The van der Waals surface area contributed by atoms with Crippen molar-refractivity contribution in [3.8, 4) is 0 Å². The SMILES string of the molecule is CC(C)C1CCc2nc3sc(C(=O)NCCN)cc3cc2C1. The fourth-order valence-corrected chi connectivity index (χ4v) is 4.06. The highest BCUT2D eigenvalue weighted by Crippen LogP contribution is 2.33. The zero-order chi connectivity index (χ0) is 15.7. The molecule has 3 N–H and O–H groups in total. The van der Waals surface area contributed by atoms with Gasteiger partial charge in [-0.1, -0.05) is 13.8 Å². The summed E-state index contributed by atoms with van der Waals surface area (Å²) in [6, 6.07) is 4.19. The zero-order valence-corrected chi connectivity index (χ0v) is 14.0. The van der Waals surface area contributed by atoms with Gasteiger partial charge in [0.2, 0.25) is 0 Å². The summed E-state index contributed by atoms with van der Waals surface area (Å²) in [6.45, 7) is 5.56. The smallest absolute Gasteiger partial charge is 0.261 e. The van der Waals surface area contributed by atoms with Gasteiger partial charge >= 0.3 is 0 Å². The molecule has 118 valence electrons. The van der Waals surface area contributed by atoms with E-state index in [4.69, 9.17) is 10.7 Å². The van der Waals surface area contributed by atoms with E-state index in [9.17, 15) is 4.79 Å². The number of nitrogens with two attached hydrogens (primary N) is 1. The van der Waals surface area contributed by atoms with Crippen molar-refractivity contribution >= 4 is 27.5 Å². The van der Waals surface area contributed by atoms with Gasteiger partial charge in [0.15, 0.2) is 0 Å². The van der Waals surface area contributed by atoms with Gasteiger partial charge in [0.05, 0.1) is 4.88 Å². The van der Waals surface area contributed by atoms with Crippen molar-refractivity contribution in [1.82, 2.24) is 10.3 Å². The summed E-state index contributed by atoms with van der Waals surface area (Å²) in [7, 11) is 0. The van der Waals surface area contributed by atoms with Crippen LogP contribution in [0.2, 0.25) is 0 Å². The van der Waals surface area contributed by atoms with E-state index in [0.717, 1.165) is 33.9 Å². The van der Waals surface area contributed by atoms with Crippen LogP contribution in [0.25, 0.3) is 10.2 Å². The lowest BCUT2D eigenvalue weighted by atomic mass is 9.80. The van der Waals surface area contributed by atoms with E-state index in [-0.39, 0.29) is 5.91 Å². The van der Waals surface area contributed by atoms with Crippen LogP contribution in [0, 0.1) is 11.8 Å². The molecule has 0 aromatic carbocycles. The summed E-state index contributed by atoms with van der Waals surface area (Å²) in [6.07, 6.45) is 3.39. The van der Waals surface area contributed by atoms with Gasteiger partial charge in [0, 0.05) is 24.2 Å². The number of carbonyl (C=O) groups excluding carboxylic acids is 1. The molecule has 0 saturated heterocycles. The number of pyridine rings is 1. The normalized spacial score (nSPS) is 17.7. The molecule has 2 aromatic rings. The largest absolute Gasteiger partial charge is 0.350 e. The number of carbonyl (C=O) groups is 1. The average molecular weight is 317 g/mol. The maximum Gasteiger partial charge on any atom is 0.261 e. The number of hydrogen-bond acceptors (Lipinski definition) is 4. The van der Waals surface area contributed by atoms with Gasteiger partial charge in [-0.3, -0.25) is 4.79 Å². The molecule has 1 atom stereocenters. The molecule has 4 nitrogen and oxygen atoms in total. The molecule has 1 amide bonds. The Kier molecular flexibility index (Phi) is 4.45. The van der Waals surface area contributed by atoms with E-state index >= 15 is 0 Å². The van der Waals surface area contributed by atoms with Crippen LogP contribution in [-0.2, 0) is 12.8 Å². The van der Waals surface area contributed by atoms with Gasteiger partial charge in [0.25, 0.3) is 5.91 Å². The van der Waals surface area contributed by atoms with E-state index in [0.29, 0.717) is 19.0 Å². The van der Waals surface area contributed by atoms with Gasteiger partial charge in [0.1, 0.15) is 4.83 Å². The molecule has 0 fully saturated rings. The topological polar surface area (TPSA) is 68.0 Å². The van der Waals surface area contributed by atoms with Crippen LogP contribution in [0.15, 0.2) is 12.1 Å². The maximum atomic E-state index is 12.1. The molecule has 22 heavy (non-hydrogen) atoms. The number of rotatable bonds is 4. The lowest BCUT2D eigenvalue weighted by Gasteiger charge is -2.26. The van der Waals surface area contributed by atoms with Crippen molar-refractivity contribution in [3.63, 3.8) is 0 Å². The van der Waals surface area contributed by atoms with Crippen molar-refractivity contribution in [2.75, 3.05) is 13.1 Å². The minimum atomic E-state index is -0.0496. The summed E-state index contributed by atoms with van der Waals surface area (Å²) in [4.78, 5) is 18.6. The number of nitrogens with one attached hydrogen (secondary N) is 1. The van der Waals surface area contributed by atoms with E-state index in [2.05, 4.69) is 25.2 Å². The molecule has 0 bridgehead atoms. The Hall–Kier alpha value is -1.46. The van der Waals surface area contributed by atoms with Gasteiger partial charge in [-0.15, -0.1) is 11.3 Å². The van der Waals surface area contributed by atoms with Crippen molar-refractivity contribution in [3.05, 3.63) is 28.3 Å². The fraction of sp³-hybridized carbons (Fsp3) is 0.529. The van der Waals surface area contributed by atoms with Crippen molar-refractivity contribution in [2.45, 2.75) is 33.1 Å². The minimum Gasteiger partial charge on any atom is -0.350 e. The van der Waals surface area contributed by atoms with Crippen LogP contribution in [0.5, 0.6) is 0 Å². The van der Waals surface area contributed by atoms with E-state index < -0.39 is 0 Å². The Morgan fingerprint density at radius 2 is 2.32 bits per heavy atom.